The standard InChI is InChI=1S/C24H35N7O2/c1-16(13-32-4)27-24-25-11-23-21(18-10-26-30(12-18)20-14-33-15-20)9-22(31(23)28-24)17-5-7-19(8-6-17)29(2)3/h9-12,16-17,19-20H,5-8,13-15H2,1-4H3,(H,27,28)/t16-,17?,19?/m0/s1. The van der Waals surface area contributed by atoms with Gasteiger partial charge in [0, 0.05) is 48.1 Å². The summed E-state index contributed by atoms with van der Waals surface area (Å²) in [5, 5.41) is 12.9. The molecule has 9 heteroatoms. The van der Waals surface area contributed by atoms with Crippen LogP contribution in [0.4, 0.5) is 5.95 Å². The molecule has 1 aliphatic heterocycles. The van der Waals surface area contributed by atoms with Crippen molar-refractivity contribution in [1.29, 1.82) is 0 Å². The van der Waals surface area contributed by atoms with Crippen molar-refractivity contribution < 1.29 is 9.47 Å². The summed E-state index contributed by atoms with van der Waals surface area (Å²) in [6.07, 6.45) is 10.8. The van der Waals surface area contributed by atoms with Crippen molar-refractivity contribution in [3.05, 3.63) is 30.4 Å². The van der Waals surface area contributed by atoms with E-state index >= 15 is 0 Å². The molecule has 0 bridgehead atoms. The number of nitrogens with one attached hydrogen (secondary N) is 1. The number of methoxy groups -OCH3 is 1. The van der Waals surface area contributed by atoms with Crippen molar-refractivity contribution in [2.45, 2.75) is 56.7 Å². The maximum absolute atomic E-state index is 5.34. The fourth-order valence-corrected chi connectivity index (χ4v) is 5.06. The van der Waals surface area contributed by atoms with Gasteiger partial charge in [-0.2, -0.15) is 5.10 Å². The van der Waals surface area contributed by atoms with Crippen LogP contribution in [0.1, 0.15) is 50.3 Å². The van der Waals surface area contributed by atoms with Gasteiger partial charge in [0.1, 0.15) is 0 Å². The van der Waals surface area contributed by atoms with E-state index in [2.05, 4.69) is 58.1 Å². The Morgan fingerprint density at radius 3 is 2.67 bits per heavy atom. The van der Waals surface area contributed by atoms with Crippen LogP contribution in [-0.4, -0.2) is 82.4 Å². The molecule has 0 unspecified atom stereocenters. The Hall–Kier alpha value is -2.49. The van der Waals surface area contributed by atoms with Crippen LogP contribution in [0.2, 0.25) is 0 Å². The monoisotopic (exact) mass is 453 g/mol. The predicted molar refractivity (Wildman–Crippen MR) is 128 cm³/mol. The van der Waals surface area contributed by atoms with Crippen LogP contribution in [0.5, 0.6) is 0 Å². The Morgan fingerprint density at radius 2 is 2.00 bits per heavy atom. The van der Waals surface area contributed by atoms with Gasteiger partial charge in [-0.3, -0.25) is 4.68 Å². The lowest BCUT2D eigenvalue weighted by Gasteiger charge is -2.32. The van der Waals surface area contributed by atoms with Gasteiger partial charge < -0.3 is 19.7 Å². The number of anilines is 1. The molecule has 33 heavy (non-hydrogen) atoms. The molecule has 2 fully saturated rings. The zero-order valence-corrected chi connectivity index (χ0v) is 20.1. The number of aromatic nitrogens is 5. The minimum absolute atomic E-state index is 0.129. The lowest BCUT2D eigenvalue weighted by atomic mass is 9.83. The Kier molecular flexibility index (Phi) is 6.36. The van der Waals surface area contributed by atoms with Crippen LogP contribution < -0.4 is 5.32 Å². The molecule has 4 heterocycles. The average molecular weight is 454 g/mol. The number of fused-ring (bicyclic) bond motifs is 1. The largest absolute Gasteiger partial charge is 0.383 e. The van der Waals surface area contributed by atoms with Crippen LogP contribution >= 0.6 is 0 Å². The zero-order valence-electron chi connectivity index (χ0n) is 20.1. The van der Waals surface area contributed by atoms with Crippen LogP contribution in [0, 0.1) is 0 Å². The summed E-state index contributed by atoms with van der Waals surface area (Å²) in [5.41, 5.74) is 4.53. The van der Waals surface area contributed by atoms with Gasteiger partial charge in [0.2, 0.25) is 5.95 Å². The summed E-state index contributed by atoms with van der Waals surface area (Å²) in [5.74, 6) is 1.11. The highest BCUT2D eigenvalue weighted by Gasteiger charge is 2.28. The molecule has 0 amide bonds. The molecular weight excluding hydrogens is 418 g/mol. The molecule has 0 aromatic carbocycles. The van der Waals surface area contributed by atoms with Crippen molar-refractivity contribution in [1.82, 2.24) is 29.3 Å². The number of ether oxygens (including phenoxy) is 2. The zero-order chi connectivity index (χ0) is 22.9. The van der Waals surface area contributed by atoms with Gasteiger partial charge in [-0.25, -0.2) is 9.50 Å². The molecule has 1 saturated carbocycles. The van der Waals surface area contributed by atoms with Gasteiger partial charge >= 0.3 is 0 Å². The predicted octanol–water partition coefficient (Wildman–Crippen LogP) is 3.20. The van der Waals surface area contributed by atoms with Crippen LogP contribution in [0.15, 0.2) is 24.7 Å². The number of hydrogen-bond donors (Lipinski definition) is 1. The summed E-state index contributed by atoms with van der Waals surface area (Å²) in [6.45, 7) is 4.13. The lowest BCUT2D eigenvalue weighted by molar-refractivity contribution is -0.0286. The van der Waals surface area contributed by atoms with Gasteiger partial charge in [-0.05, 0) is 52.8 Å². The van der Waals surface area contributed by atoms with Gasteiger partial charge in [-0.1, -0.05) is 0 Å². The minimum Gasteiger partial charge on any atom is -0.383 e. The molecule has 1 atom stereocenters. The van der Waals surface area contributed by atoms with Gasteiger partial charge in [0.05, 0.1) is 43.8 Å². The molecule has 3 aromatic heterocycles. The molecule has 5 rings (SSSR count). The normalized spacial score (nSPS) is 22.6. The van der Waals surface area contributed by atoms with E-state index in [-0.39, 0.29) is 6.04 Å². The molecule has 1 aliphatic carbocycles. The van der Waals surface area contributed by atoms with Gasteiger partial charge in [0.25, 0.3) is 0 Å². The first-order valence-corrected chi connectivity index (χ1v) is 12.0. The van der Waals surface area contributed by atoms with Crippen molar-refractivity contribution in [3.63, 3.8) is 0 Å². The van der Waals surface area contributed by atoms with Crippen LogP contribution in [-0.2, 0) is 9.47 Å². The molecule has 2 aliphatic rings. The Balaban J connectivity index is 1.50. The van der Waals surface area contributed by atoms with E-state index in [0.717, 1.165) is 29.9 Å². The maximum Gasteiger partial charge on any atom is 0.241 e. The summed E-state index contributed by atoms with van der Waals surface area (Å²) >= 11 is 0. The Bertz CT molecular complexity index is 1080. The SMILES string of the molecule is COC[C@H](C)Nc1ncc2c(-c3cnn(C4COC4)c3)cc(C3CCC(N(C)C)CC3)n2n1. The molecule has 0 spiro atoms. The summed E-state index contributed by atoms with van der Waals surface area (Å²) < 4.78 is 14.7. The third-order valence-corrected chi connectivity index (χ3v) is 7.09. The maximum atomic E-state index is 5.34. The molecule has 9 nitrogen and oxygen atoms in total. The van der Waals surface area contributed by atoms with Crippen LogP contribution in [0.25, 0.3) is 16.6 Å². The molecule has 178 valence electrons. The summed E-state index contributed by atoms with van der Waals surface area (Å²) in [7, 11) is 6.08. The second-order valence-corrected chi connectivity index (χ2v) is 9.73. The smallest absolute Gasteiger partial charge is 0.241 e. The fraction of sp³-hybridized carbons (Fsp3) is 0.625. The van der Waals surface area contributed by atoms with Gasteiger partial charge in [-0.15, -0.1) is 5.10 Å². The lowest BCUT2D eigenvalue weighted by Crippen LogP contribution is -2.31. The highest BCUT2D eigenvalue weighted by Crippen LogP contribution is 2.38. The van der Waals surface area contributed by atoms with Gasteiger partial charge in [0.15, 0.2) is 0 Å². The van der Waals surface area contributed by atoms with E-state index < -0.39 is 0 Å². The summed E-state index contributed by atoms with van der Waals surface area (Å²) in [4.78, 5) is 6.98. The quantitative estimate of drug-likeness (QED) is 0.561. The fourth-order valence-electron chi connectivity index (χ4n) is 5.06. The second kappa shape index (κ2) is 9.40. The molecule has 1 N–H and O–H groups in total. The molecule has 0 radical (unpaired) electrons. The van der Waals surface area contributed by atoms with Crippen molar-refractivity contribution in [3.8, 4) is 11.1 Å². The Labute approximate surface area is 195 Å². The van der Waals surface area contributed by atoms with Crippen molar-refractivity contribution in [2.24, 2.45) is 0 Å². The number of nitrogens with zero attached hydrogens (tertiary/aromatic N) is 6. The molecule has 3 aromatic rings. The summed E-state index contributed by atoms with van der Waals surface area (Å²) in [6, 6.07) is 3.44. The number of hydrogen-bond acceptors (Lipinski definition) is 7. The van der Waals surface area contributed by atoms with E-state index in [1.807, 2.05) is 17.1 Å². The first-order chi connectivity index (χ1) is 16.0. The van der Waals surface area contributed by atoms with E-state index in [4.69, 9.17) is 14.6 Å². The van der Waals surface area contributed by atoms with Crippen LogP contribution in [0.3, 0.4) is 0 Å². The highest BCUT2D eigenvalue weighted by atomic mass is 16.5. The Morgan fingerprint density at radius 1 is 1.21 bits per heavy atom. The first-order valence-electron chi connectivity index (χ1n) is 12.0. The number of rotatable bonds is 8. The van der Waals surface area contributed by atoms with Crippen molar-refractivity contribution >= 4 is 11.5 Å². The second-order valence-electron chi connectivity index (χ2n) is 9.73. The topological polar surface area (TPSA) is 81.7 Å². The van der Waals surface area contributed by atoms with E-state index in [0.29, 0.717) is 30.6 Å². The minimum atomic E-state index is 0.129. The third kappa shape index (κ3) is 4.49. The third-order valence-electron chi connectivity index (χ3n) is 7.09. The van der Waals surface area contributed by atoms with E-state index in [9.17, 15) is 0 Å². The first kappa shape index (κ1) is 22.3. The highest BCUT2D eigenvalue weighted by molar-refractivity contribution is 5.81. The van der Waals surface area contributed by atoms with E-state index in [1.165, 1.54) is 31.4 Å². The van der Waals surface area contributed by atoms with Crippen molar-refractivity contribution in [2.75, 3.05) is 46.3 Å². The van der Waals surface area contributed by atoms with E-state index in [1.54, 1.807) is 7.11 Å². The molecule has 1 saturated heterocycles. The average Bonchev–Trinajstić information content (AvgIpc) is 3.37. The molecular formula is C24H35N7O2.